The lowest BCUT2D eigenvalue weighted by molar-refractivity contribution is -0.131. The Labute approximate surface area is 168 Å². The molecule has 0 aliphatic rings. The summed E-state index contributed by atoms with van der Waals surface area (Å²) in [5.74, 6) is -1.35. The van der Waals surface area contributed by atoms with Crippen LogP contribution < -0.4 is 0 Å². The fourth-order valence-corrected chi connectivity index (χ4v) is 2.80. The van der Waals surface area contributed by atoms with Crippen molar-refractivity contribution in [3.63, 3.8) is 0 Å². The van der Waals surface area contributed by atoms with Gasteiger partial charge in [-0.1, -0.05) is 85.4 Å². The van der Waals surface area contributed by atoms with Gasteiger partial charge in [-0.2, -0.15) is 0 Å². The van der Waals surface area contributed by atoms with Crippen molar-refractivity contribution >= 4 is 29.2 Å². The number of carboxylic acids is 1. The second-order valence-electron chi connectivity index (χ2n) is 6.37. The van der Waals surface area contributed by atoms with Crippen LogP contribution in [0.3, 0.4) is 0 Å². The normalized spacial score (nSPS) is 10.6. The van der Waals surface area contributed by atoms with E-state index >= 15 is 0 Å². The fourth-order valence-electron chi connectivity index (χ4n) is 2.80. The van der Waals surface area contributed by atoms with E-state index in [0.29, 0.717) is 33.4 Å². The predicted molar refractivity (Wildman–Crippen MR) is 113 cm³/mol. The van der Waals surface area contributed by atoms with Crippen LogP contribution in [0.4, 0.5) is 0 Å². The van der Waals surface area contributed by atoms with E-state index in [1.165, 1.54) is 6.08 Å². The molecule has 0 saturated carbocycles. The lowest BCUT2D eigenvalue weighted by Crippen LogP contribution is -2.04. The molecule has 0 saturated heterocycles. The van der Waals surface area contributed by atoms with Gasteiger partial charge in [0.1, 0.15) is 0 Å². The zero-order valence-corrected chi connectivity index (χ0v) is 15.5. The van der Waals surface area contributed by atoms with Gasteiger partial charge < -0.3 is 5.11 Å². The third kappa shape index (κ3) is 4.82. The van der Waals surface area contributed by atoms with Gasteiger partial charge in [-0.05, 0) is 17.2 Å². The number of hydrogen-bond acceptors (Lipinski definition) is 3. The molecule has 0 spiro atoms. The van der Waals surface area contributed by atoms with Crippen LogP contribution in [0.1, 0.15) is 37.4 Å². The van der Waals surface area contributed by atoms with Crippen LogP contribution in [0.25, 0.3) is 11.6 Å². The molecule has 0 atom stereocenters. The highest BCUT2D eigenvalue weighted by atomic mass is 16.4. The zero-order chi connectivity index (χ0) is 20.8. The highest BCUT2D eigenvalue weighted by Gasteiger charge is 2.14. The highest BCUT2D eigenvalue weighted by Crippen LogP contribution is 2.20. The molecule has 0 radical (unpaired) electrons. The fraction of sp³-hybridized carbons (Fsp3) is 0. The Bertz CT molecular complexity index is 1090. The minimum absolute atomic E-state index is 0.0842. The average Bonchev–Trinajstić information content (AvgIpc) is 2.77. The summed E-state index contributed by atoms with van der Waals surface area (Å²) in [5, 5.41) is 8.66. The Morgan fingerprint density at radius 2 is 1.21 bits per heavy atom. The van der Waals surface area contributed by atoms with Crippen LogP contribution in [0.2, 0.25) is 0 Å². The maximum atomic E-state index is 12.7. The van der Waals surface area contributed by atoms with Gasteiger partial charge in [-0.15, -0.1) is 0 Å². The van der Waals surface area contributed by atoms with Crippen LogP contribution >= 0.6 is 0 Å². The van der Waals surface area contributed by atoms with Gasteiger partial charge in [0.2, 0.25) is 0 Å². The van der Waals surface area contributed by atoms with Crippen LogP contribution in [0, 0.1) is 0 Å². The molecule has 0 unspecified atom stereocenters. The van der Waals surface area contributed by atoms with E-state index < -0.39 is 5.97 Å². The van der Waals surface area contributed by atoms with E-state index in [0.717, 1.165) is 6.08 Å². The second kappa shape index (κ2) is 8.76. The summed E-state index contributed by atoms with van der Waals surface area (Å²) in [6.45, 7) is 3.89. The first-order chi connectivity index (χ1) is 14.0. The standard InChI is InChI=1S/C25H18O4/c1-17(24(28)21-10-7-18(8-11-21)9-16-23(26)27)19-12-14-22(15-13-19)25(29)20-5-3-2-4-6-20/h2-16H,1H2,(H,26,27)/b16-9+. The number of hydrogen-bond donors (Lipinski definition) is 1. The smallest absolute Gasteiger partial charge is 0.328 e. The quantitative estimate of drug-likeness (QED) is 0.465. The summed E-state index contributed by atoms with van der Waals surface area (Å²) >= 11 is 0. The van der Waals surface area contributed by atoms with Crippen molar-refractivity contribution in [2.75, 3.05) is 0 Å². The van der Waals surface area contributed by atoms with Crippen molar-refractivity contribution in [1.29, 1.82) is 0 Å². The Morgan fingerprint density at radius 1 is 0.690 bits per heavy atom. The van der Waals surface area contributed by atoms with Crippen molar-refractivity contribution in [3.05, 3.63) is 119 Å². The van der Waals surface area contributed by atoms with Crippen molar-refractivity contribution in [3.8, 4) is 0 Å². The molecular weight excluding hydrogens is 364 g/mol. The molecule has 1 N–H and O–H groups in total. The maximum absolute atomic E-state index is 12.7. The first-order valence-corrected chi connectivity index (χ1v) is 8.90. The average molecular weight is 382 g/mol. The topological polar surface area (TPSA) is 71.4 Å². The first-order valence-electron chi connectivity index (χ1n) is 8.90. The highest BCUT2D eigenvalue weighted by molar-refractivity contribution is 6.28. The van der Waals surface area contributed by atoms with Crippen molar-refractivity contribution in [2.24, 2.45) is 0 Å². The Morgan fingerprint density at radius 3 is 1.79 bits per heavy atom. The van der Waals surface area contributed by atoms with E-state index in [9.17, 15) is 14.4 Å². The number of ketones is 2. The summed E-state index contributed by atoms with van der Waals surface area (Å²) in [4.78, 5) is 35.7. The molecule has 0 bridgehead atoms. The van der Waals surface area contributed by atoms with E-state index in [-0.39, 0.29) is 11.6 Å². The molecule has 0 amide bonds. The van der Waals surface area contributed by atoms with Gasteiger partial charge in [0.15, 0.2) is 11.6 Å². The zero-order valence-electron chi connectivity index (χ0n) is 15.5. The van der Waals surface area contributed by atoms with E-state index in [4.69, 9.17) is 5.11 Å². The SMILES string of the molecule is C=C(C(=O)c1ccc(/C=C/C(=O)O)cc1)c1ccc(C(=O)c2ccccc2)cc1. The molecular formula is C25H18O4. The molecule has 0 heterocycles. The number of Topliss-reactive ketones (excluding diaryl/α,β-unsaturated/α-hetero) is 1. The molecule has 0 aromatic heterocycles. The first kappa shape index (κ1) is 19.7. The monoisotopic (exact) mass is 382 g/mol. The van der Waals surface area contributed by atoms with Crippen molar-refractivity contribution in [1.82, 2.24) is 0 Å². The van der Waals surface area contributed by atoms with Gasteiger partial charge in [-0.25, -0.2) is 4.79 Å². The minimum atomic E-state index is -1.03. The molecule has 0 aliphatic heterocycles. The van der Waals surface area contributed by atoms with Crippen LogP contribution in [-0.2, 0) is 4.79 Å². The van der Waals surface area contributed by atoms with Crippen molar-refractivity contribution in [2.45, 2.75) is 0 Å². The molecule has 0 aliphatic carbocycles. The summed E-state index contributed by atoms with van der Waals surface area (Å²) < 4.78 is 0. The van der Waals surface area contributed by atoms with E-state index in [2.05, 4.69) is 6.58 Å². The number of carboxylic acid groups (broad SMARTS) is 1. The second-order valence-corrected chi connectivity index (χ2v) is 6.37. The lowest BCUT2D eigenvalue weighted by Gasteiger charge is -2.07. The van der Waals surface area contributed by atoms with E-state index in [1.54, 1.807) is 60.7 Å². The van der Waals surface area contributed by atoms with Gasteiger partial charge in [-0.3, -0.25) is 9.59 Å². The summed E-state index contributed by atoms with van der Waals surface area (Å²) in [7, 11) is 0. The van der Waals surface area contributed by atoms with Crippen molar-refractivity contribution < 1.29 is 19.5 Å². The Kier molecular flexibility index (Phi) is 5.95. The molecule has 29 heavy (non-hydrogen) atoms. The molecule has 3 aromatic rings. The number of carbonyl (C=O) groups excluding carboxylic acids is 2. The molecule has 0 fully saturated rings. The van der Waals surface area contributed by atoms with Gasteiger partial charge in [0, 0.05) is 28.3 Å². The number of allylic oxidation sites excluding steroid dienone is 1. The summed E-state index contributed by atoms with van der Waals surface area (Å²) in [6.07, 6.45) is 2.49. The minimum Gasteiger partial charge on any atom is -0.478 e. The molecule has 3 aromatic carbocycles. The molecule has 3 rings (SSSR count). The number of rotatable bonds is 7. The molecule has 4 heteroatoms. The van der Waals surface area contributed by atoms with Gasteiger partial charge >= 0.3 is 5.97 Å². The maximum Gasteiger partial charge on any atom is 0.328 e. The third-order valence-corrected chi connectivity index (χ3v) is 4.40. The Hall–Kier alpha value is -4.05. The predicted octanol–water partition coefficient (Wildman–Crippen LogP) is 4.91. The number of carbonyl (C=O) groups is 3. The lowest BCUT2D eigenvalue weighted by atomic mass is 9.95. The van der Waals surface area contributed by atoms with Gasteiger partial charge in [0.25, 0.3) is 0 Å². The van der Waals surface area contributed by atoms with Gasteiger partial charge in [0.05, 0.1) is 0 Å². The Balaban J connectivity index is 1.74. The van der Waals surface area contributed by atoms with Crippen LogP contribution in [-0.4, -0.2) is 22.6 Å². The number of aliphatic carboxylic acids is 1. The number of benzene rings is 3. The largest absolute Gasteiger partial charge is 0.478 e. The summed E-state index contributed by atoms with van der Waals surface area (Å²) in [5.41, 5.74) is 3.22. The third-order valence-electron chi connectivity index (χ3n) is 4.40. The molecule has 142 valence electrons. The van der Waals surface area contributed by atoms with Crippen LogP contribution in [0.15, 0.2) is 91.5 Å². The van der Waals surface area contributed by atoms with Crippen LogP contribution in [0.5, 0.6) is 0 Å². The summed E-state index contributed by atoms with van der Waals surface area (Å²) in [6, 6.07) is 22.4. The molecule has 4 nitrogen and oxygen atoms in total. The van der Waals surface area contributed by atoms with E-state index in [1.807, 2.05) is 18.2 Å².